The highest BCUT2D eigenvalue weighted by Crippen LogP contribution is 2.09. The van der Waals surface area contributed by atoms with Gasteiger partial charge >= 0.3 is 5.97 Å². The average Bonchev–Trinajstić information content (AvgIpc) is 2.08. The number of hydrogen-bond acceptors (Lipinski definition) is 2. The average molecular weight is 143 g/mol. The van der Waals surface area contributed by atoms with Gasteiger partial charge in [-0.1, -0.05) is 24.2 Å². The molecule has 1 aliphatic carbocycles. The van der Waals surface area contributed by atoms with Crippen molar-refractivity contribution in [3.8, 4) is 0 Å². The van der Waals surface area contributed by atoms with E-state index in [1.807, 2.05) is 0 Å². The quantitative estimate of drug-likeness (QED) is 0.548. The summed E-state index contributed by atoms with van der Waals surface area (Å²) in [7, 11) is 0. The maximum absolute atomic E-state index is 10.7. The van der Waals surface area contributed by atoms with Crippen LogP contribution in [0.2, 0.25) is 0 Å². The molecule has 3 N–H and O–H groups in total. The number of allylic oxidation sites excluding steroid dienone is 2. The van der Waals surface area contributed by atoms with Gasteiger partial charge in [-0.25, -0.2) is 0 Å². The highest BCUT2D eigenvalue weighted by molar-refractivity contribution is 5.74. The lowest BCUT2D eigenvalue weighted by Crippen LogP contribution is -2.33. The van der Waals surface area contributed by atoms with Gasteiger partial charge in [0, 0.05) is 6.02 Å². The predicted octanol–water partition coefficient (Wildman–Crippen LogP) is 0.141. The third kappa shape index (κ3) is 1.25. The summed E-state index contributed by atoms with van der Waals surface area (Å²) in [6.07, 6.45) is 0.912. The minimum absolute atomic E-state index is 0.379. The van der Waals surface area contributed by atoms with Crippen LogP contribution in [0.25, 0.3) is 0 Å². The smallest absolute Gasteiger partial charge is 0.312 e. The Kier molecular flexibility index (Phi) is 0.891. The van der Waals surface area contributed by atoms with Crippen molar-refractivity contribution in [1.29, 1.82) is 0 Å². The molecule has 3 nitrogen and oxygen atoms in total. The molecular formula is C7H9NO2. The van der Waals surface area contributed by atoms with E-state index in [0.29, 0.717) is 0 Å². The maximum Gasteiger partial charge on any atom is 0.312 e. The van der Waals surface area contributed by atoms with Crippen molar-refractivity contribution in [2.75, 3.05) is 0 Å². The number of nitrogens with two attached hydrogens (primary N) is 1. The number of carboxylic acid groups (broad SMARTS) is 1. The van der Waals surface area contributed by atoms with Crippen molar-refractivity contribution in [3.05, 3.63) is 24.2 Å². The molecule has 0 fully saturated rings. The zero-order valence-corrected chi connectivity index (χ0v) is 5.09. The molecule has 0 aromatic carbocycles. The fourth-order valence-corrected chi connectivity index (χ4v) is 0.605. The van der Waals surface area contributed by atoms with Crippen LogP contribution in [0, 0.1) is 5.92 Å². The van der Waals surface area contributed by atoms with Gasteiger partial charge in [0.25, 0.3) is 0 Å². The van der Waals surface area contributed by atoms with E-state index >= 15 is 0 Å². The van der Waals surface area contributed by atoms with Gasteiger partial charge in [-0.15, -0.1) is 0 Å². The van der Waals surface area contributed by atoms with E-state index in [9.17, 15) is 4.79 Å². The van der Waals surface area contributed by atoms with Crippen LogP contribution in [-0.2, 0) is 4.79 Å². The molecule has 1 aliphatic rings. The van der Waals surface area contributed by atoms with E-state index in [4.69, 9.17) is 16.3 Å². The zero-order chi connectivity index (χ0) is 11.1. The monoisotopic (exact) mass is 143 g/mol. The van der Waals surface area contributed by atoms with E-state index < -0.39 is 30.0 Å². The number of rotatable bonds is 1. The first kappa shape index (κ1) is 3.34. The van der Waals surface area contributed by atoms with Crippen molar-refractivity contribution < 1.29 is 15.4 Å². The van der Waals surface area contributed by atoms with Crippen LogP contribution in [0.15, 0.2) is 24.2 Å². The van der Waals surface area contributed by atoms with E-state index in [0.717, 1.165) is 6.08 Å². The molecule has 0 heterocycles. The van der Waals surface area contributed by atoms with Crippen molar-refractivity contribution in [1.82, 2.24) is 0 Å². The van der Waals surface area contributed by atoms with Crippen LogP contribution in [0.1, 0.15) is 5.48 Å². The molecule has 3 heteroatoms. The summed E-state index contributed by atoms with van der Waals surface area (Å²) in [5.41, 5.74) is 5.31. The van der Waals surface area contributed by atoms with Gasteiger partial charge < -0.3 is 10.8 Å². The molecule has 0 spiro atoms. The van der Waals surface area contributed by atoms with Gasteiger partial charge in [0.1, 0.15) is 0 Å². The Hall–Kier alpha value is -1.09. The van der Waals surface area contributed by atoms with Crippen molar-refractivity contribution in [3.63, 3.8) is 0 Å². The lowest BCUT2D eigenvalue weighted by atomic mass is 9.96. The topological polar surface area (TPSA) is 63.3 Å². The van der Waals surface area contributed by atoms with Crippen molar-refractivity contribution in [2.45, 2.75) is 6.02 Å². The molecule has 0 aromatic heterocycles. The predicted molar refractivity (Wildman–Crippen MR) is 37.4 cm³/mol. The van der Waals surface area contributed by atoms with Gasteiger partial charge in [0.15, 0.2) is 0 Å². The summed E-state index contributed by atoms with van der Waals surface area (Å²) in [6, 6.07) is -3.68. The Labute approximate surface area is 64.5 Å². The maximum atomic E-state index is 10.7. The van der Waals surface area contributed by atoms with Gasteiger partial charge in [0.2, 0.25) is 0 Å². The number of carbonyl (C=O) groups is 1. The second-order valence-electron chi connectivity index (χ2n) is 1.83. The molecule has 0 bridgehead atoms. The van der Waals surface area contributed by atoms with E-state index in [1.165, 1.54) is 0 Å². The van der Waals surface area contributed by atoms with Gasteiger partial charge in [0.05, 0.1) is 11.4 Å². The van der Waals surface area contributed by atoms with Crippen LogP contribution < -0.4 is 5.73 Å². The Bertz CT molecular complexity index is 348. The molecule has 0 aromatic rings. The number of carboxylic acids is 1. The van der Waals surface area contributed by atoms with E-state index in [1.54, 1.807) is 0 Å². The first-order valence-corrected chi connectivity index (χ1v) is 2.67. The summed E-state index contributed by atoms with van der Waals surface area (Å²) in [5, 5.41) is 8.70. The summed E-state index contributed by atoms with van der Waals surface area (Å²) in [6.45, 7) is 0. The minimum atomic E-state index is -2.16. The molecule has 10 heavy (non-hydrogen) atoms. The molecule has 2 unspecified atom stereocenters. The molecule has 0 radical (unpaired) electrons. The number of hydrogen-bond donors (Lipinski definition) is 2. The lowest BCUT2D eigenvalue weighted by Gasteiger charge is -2.14. The van der Waals surface area contributed by atoms with Crippen LogP contribution in [0.3, 0.4) is 0 Å². The summed E-state index contributed by atoms with van der Waals surface area (Å²) >= 11 is 0. The molecule has 0 saturated heterocycles. The second-order valence-corrected chi connectivity index (χ2v) is 1.83. The summed E-state index contributed by atoms with van der Waals surface area (Å²) in [4.78, 5) is 10.7. The van der Waals surface area contributed by atoms with Gasteiger partial charge in [-0.05, 0) is 0 Å². The third-order valence-corrected chi connectivity index (χ3v) is 1.13. The normalized spacial score (nSPS) is 46.5. The lowest BCUT2D eigenvalue weighted by molar-refractivity contribution is -0.140. The van der Waals surface area contributed by atoms with Gasteiger partial charge in [-0.2, -0.15) is 0 Å². The number of aliphatic carboxylic acids is 1. The minimum Gasteiger partial charge on any atom is -0.481 e. The van der Waals surface area contributed by atoms with Gasteiger partial charge in [-0.3, -0.25) is 4.79 Å². The fraction of sp³-hybridized carbons (Fsp3) is 0.286. The Morgan fingerprint density at radius 2 is 2.50 bits per heavy atom. The second kappa shape index (κ2) is 2.66. The highest BCUT2D eigenvalue weighted by Gasteiger charge is 2.21. The Balaban J connectivity index is 3.25. The van der Waals surface area contributed by atoms with Crippen molar-refractivity contribution >= 4 is 5.97 Å². The first-order valence-electron chi connectivity index (χ1n) is 4.67. The molecular weight excluding hydrogens is 130 g/mol. The molecule has 0 amide bonds. The SMILES string of the molecule is [2H]C1=CC(C(=O)O)C([2H])(N)C([2H])=C1[2H]. The Morgan fingerprint density at radius 1 is 1.80 bits per heavy atom. The molecule has 54 valence electrons. The highest BCUT2D eigenvalue weighted by atomic mass is 16.4. The third-order valence-electron chi connectivity index (χ3n) is 1.13. The van der Waals surface area contributed by atoms with Crippen LogP contribution in [-0.4, -0.2) is 17.1 Å². The van der Waals surface area contributed by atoms with Crippen LogP contribution >= 0.6 is 0 Å². The van der Waals surface area contributed by atoms with E-state index in [-0.39, 0.29) is 6.05 Å². The summed E-state index contributed by atoms with van der Waals surface area (Å²) in [5.74, 6) is -2.82. The summed E-state index contributed by atoms with van der Waals surface area (Å²) < 4.78 is 29.2. The van der Waals surface area contributed by atoms with Crippen molar-refractivity contribution in [2.24, 2.45) is 11.7 Å². The van der Waals surface area contributed by atoms with Crippen LogP contribution in [0.4, 0.5) is 0 Å². The molecule has 2 atom stereocenters. The van der Waals surface area contributed by atoms with Crippen LogP contribution in [0.5, 0.6) is 0 Å². The fourth-order valence-electron chi connectivity index (χ4n) is 0.605. The largest absolute Gasteiger partial charge is 0.481 e. The molecule has 0 aliphatic heterocycles. The first-order chi connectivity index (χ1) is 6.28. The zero-order valence-electron chi connectivity index (χ0n) is 9.09. The van der Waals surface area contributed by atoms with E-state index in [2.05, 4.69) is 0 Å². The molecule has 0 saturated carbocycles. The standard InChI is InChI=1S/C7H9NO2/c8-6-4-2-1-3-5(6)7(9)10/h1-6H,8H2,(H,9,10)/i1D,2D,4D,6D. The molecule has 1 rings (SSSR count). The Morgan fingerprint density at radius 3 is 3.10 bits per heavy atom.